The summed E-state index contributed by atoms with van der Waals surface area (Å²) >= 11 is 0. The monoisotopic (exact) mass is 136 g/mol. The molecule has 1 aromatic rings. The van der Waals surface area contributed by atoms with Gasteiger partial charge in [0, 0.05) is 6.20 Å². The predicted molar refractivity (Wildman–Crippen MR) is 40.6 cm³/mol. The maximum atomic E-state index is 3.97. The third-order valence-electron chi connectivity index (χ3n) is 1.24. The molecule has 0 saturated heterocycles. The number of nitrogens with zero attached hydrogens (tertiary/aromatic N) is 2. The standard InChI is InChI=1S/C8H12N2/c1-7(2)6-8-4-3-5-9-10-8/h3-5,7H,6H2,1-2H3. The van der Waals surface area contributed by atoms with Crippen molar-refractivity contribution in [1.82, 2.24) is 10.2 Å². The molecule has 0 saturated carbocycles. The van der Waals surface area contributed by atoms with Gasteiger partial charge in [0.1, 0.15) is 0 Å². The Kier molecular flexibility index (Phi) is 2.37. The second-order valence-corrected chi connectivity index (χ2v) is 2.81. The number of hydrogen-bond donors (Lipinski definition) is 0. The Morgan fingerprint density at radius 2 is 2.30 bits per heavy atom. The average molecular weight is 136 g/mol. The predicted octanol–water partition coefficient (Wildman–Crippen LogP) is 1.68. The van der Waals surface area contributed by atoms with Crippen LogP contribution in [0.5, 0.6) is 0 Å². The van der Waals surface area contributed by atoms with Gasteiger partial charge in [-0.05, 0) is 24.5 Å². The minimum atomic E-state index is 0.664. The third kappa shape index (κ3) is 2.13. The van der Waals surface area contributed by atoms with Crippen molar-refractivity contribution in [2.75, 3.05) is 0 Å². The topological polar surface area (TPSA) is 25.8 Å². The lowest BCUT2D eigenvalue weighted by atomic mass is 10.1. The molecule has 0 radical (unpaired) electrons. The van der Waals surface area contributed by atoms with Crippen LogP contribution >= 0.6 is 0 Å². The first-order valence-corrected chi connectivity index (χ1v) is 3.55. The van der Waals surface area contributed by atoms with Gasteiger partial charge in [0.15, 0.2) is 0 Å². The molecule has 0 aliphatic rings. The van der Waals surface area contributed by atoms with E-state index in [0.717, 1.165) is 12.1 Å². The molecule has 1 aromatic heterocycles. The van der Waals surface area contributed by atoms with Crippen molar-refractivity contribution in [3.8, 4) is 0 Å². The SMILES string of the molecule is CC(C)Cc1cccnn1. The van der Waals surface area contributed by atoms with E-state index in [2.05, 4.69) is 24.0 Å². The molecule has 2 nitrogen and oxygen atoms in total. The molecule has 0 N–H and O–H groups in total. The lowest BCUT2D eigenvalue weighted by molar-refractivity contribution is 0.628. The lowest BCUT2D eigenvalue weighted by Gasteiger charge is -2.00. The first-order chi connectivity index (χ1) is 4.79. The second-order valence-electron chi connectivity index (χ2n) is 2.81. The number of aromatic nitrogens is 2. The molecule has 0 aliphatic carbocycles. The van der Waals surface area contributed by atoms with Crippen molar-refractivity contribution in [3.63, 3.8) is 0 Å². The zero-order valence-electron chi connectivity index (χ0n) is 6.41. The molecule has 2 heteroatoms. The Labute approximate surface area is 61.3 Å². The van der Waals surface area contributed by atoms with Crippen LogP contribution in [0.4, 0.5) is 0 Å². The summed E-state index contributed by atoms with van der Waals surface area (Å²) in [4.78, 5) is 0. The molecule has 0 atom stereocenters. The molecule has 0 fully saturated rings. The van der Waals surface area contributed by atoms with Gasteiger partial charge in [-0.1, -0.05) is 13.8 Å². The lowest BCUT2D eigenvalue weighted by Crippen LogP contribution is -1.97. The molecule has 0 bridgehead atoms. The van der Waals surface area contributed by atoms with Crippen LogP contribution < -0.4 is 0 Å². The van der Waals surface area contributed by atoms with Crippen molar-refractivity contribution >= 4 is 0 Å². The van der Waals surface area contributed by atoms with E-state index in [4.69, 9.17) is 0 Å². The van der Waals surface area contributed by atoms with Crippen LogP contribution in [-0.4, -0.2) is 10.2 Å². The smallest absolute Gasteiger partial charge is 0.0633 e. The van der Waals surface area contributed by atoms with Crippen LogP contribution in [0.25, 0.3) is 0 Å². The number of rotatable bonds is 2. The summed E-state index contributed by atoms with van der Waals surface area (Å²) in [6.45, 7) is 4.35. The van der Waals surface area contributed by atoms with Crippen LogP contribution in [0.2, 0.25) is 0 Å². The van der Waals surface area contributed by atoms with E-state index in [1.807, 2.05) is 12.1 Å². The Morgan fingerprint density at radius 3 is 2.80 bits per heavy atom. The van der Waals surface area contributed by atoms with E-state index in [1.54, 1.807) is 6.20 Å². The summed E-state index contributed by atoms with van der Waals surface area (Å²) < 4.78 is 0. The summed E-state index contributed by atoms with van der Waals surface area (Å²) in [6, 6.07) is 3.93. The average Bonchev–Trinajstić information content (AvgIpc) is 1.88. The van der Waals surface area contributed by atoms with Crippen molar-refractivity contribution in [2.45, 2.75) is 20.3 Å². The fraction of sp³-hybridized carbons (Fsp3) is 0.500. The van der Waals surface area contributed by atoms with Crippen molar-refractivity contribution in [1.29, 1.82) is 0 Å². The molecular formula is C8H12N2. The summed E-state index contributed by atoms with van der Waals surface area (Å²) in [6.07, 6.45) is 2.72. The van der Waals surface area contributed by atoms with Gasteiger partial charge in [-0.3, -0.25) is 0 Å². The third-order valence-corrected chi connectivity index (χ3v) is 1.24. The minimum Gasteiger partial charge on any atom is -0.159 e. The molecule has 1 heterocycles. The maximum absolute atomic E-state index is 3.97. The van der Waals surface area contributed by atoms with Gasteiger partial charge in [0.25, 0.3) is 0 Å². The van der Waals surface area contributed by atoms with Crippen molar-refractivity contribution in [3.05, 3.63) is 24.0 Å². The molecule has 0 aliphatic heterocycles. The van der Waals surface area contributed by atoms with Gasteiger partial charge in [-0.2, -0.15) is 10.2 Å². The molecule has 0 amide bonds. The van der Waals surface area contributed by atoms with Gasteiger partial charge in [0.05, 0.1) is 5.69 Å². The minimum absolute atomic E-state index is 0.664. The zero-order chi connectivity index (χ0) is 7.40. The van der Waals surface area contributed by atoms with Crippen LogP contribution in [0.1, 0.15) is 19.5 Å². The molecule has 0 aromatic carbocycles. The van der Waals surface area contributed by atoms with Crippen LogP contribution in [0.3, 0.4) is 0 Å². The van der Waals surface area contributed by atoms with Crippen LogP contribution in [0, 0.1) is 5.92 Å². The highest BCUT2D eigenvalue weighted by atomic mass is 15.1. The first-order valence-electron chi connectivity index (χ1n) is 3.55. The van der Waals surface area contributed by atoms with E-state index in [9.17, 15) is 0 Å². The fourth-order valence-corrected chi connectivity index (χ4v) is 0.861. The molecule has 10 heavy (non-hydrogen) atoms. The highest BCUT2D eigenvalue weighted by Gasteiger charge is 1.96. The molecule has 54 valence electrons. The van der Waals surface area contributed by atoms with E-state index < -0.39 is 0 Å². The highest BCUT2D eigenvalue weighted by molar-refractivity contribution is 4.99. The largest absolute Gasteiger partial charge is 0.159 e. The molecule has 1 rings (SSSR count). The van der Waals surface area contributed by atoms with E-state index >= 15 is 0 Å². The number of hydrogen-bond acceptors (Lipinski definition) is 2. The van der Waals surface area contributed by atoms with Crippen molar-refractivity contribution < 1.29 is 0 Å². The quantitative estimate of drug-likeness (QED) is 0.618. The molecular weight excluding hydrogens is 124 g/mol. The zero-order valence-corrected chi connectivity index (χ0v) is 6.41. The van der Waals surface area contributed by atoms with Gasteiger partial charge in [-0.25, -0.2) is 0 Å². The summed E-state index contributed by atoms with van der Waals surface area (Å²) in [5, 5.41) is 7.76. The second kappa shape index (κ2) is 3.30. The summed E-state index contributed by atoms with van der Waals surface area (Å²) in [5.74, 6) is 0.664. The molecule has 0 spiro atoms. The van der Waals surface area contributed by atoms with E-state index in [-0.39, 0.29) is 0 Å². The van der Waals surface area contributed by atoms with E-state index in [1.165, 1.54) is 0 Å². The van der Waals surface area contributed by atoms with Gasteiger partial charge < -0.3 is 0 Å². The normalized spacial score (nSPS) is 10.3. The maximum Gasteiger partial charge on any atom is 0.0633 e. The Hall–Kier alpha value is -0.920. The van der Waals surface area contributed by atoms with E-state index in [0.29, 0.717) is 5.92 Å². The van der Waals surface area contributed by atoms with Crippen LogP contribution in [-0.2, 0) is 6.42 Å². The Balaban J connectivity index is 2.59. The molecule has 0 unspecified atom stereocenters. The Bertz CT molecular complexity index is 182. The van der Waals surface area contributed by atoms with Crippen LogP contribution in [0.15, 0.2) is 18.3 Å². The van der Waals surface area contributed by atoms with Crippen molar-refractivity contribution in [2.24, 2.45) is 5.92 Å². The highest BCUT2D eigenvalue weighted by Crippen LogP contribution is 2.01. The van der Waals surface area contributed by atoms with Gasteiger partial charge in [0.2, 0.25) is 0 Å². The fourth-order valence-electron chi connectivity index (χ4n) is 0.861. The summed E-state index contributed by atoms with van der Waals surface area (Å²) in [7, 11) is 0. The first kappa shape index (κ1) is 7.19. The Morgan fingerprint density at radius 1 is 1.50 bits per heavy atom. The summed E-state index contributed by atoms with van der Waals surface area (Å²) in [5.41, 5.74) is 1.08. The van der Waals surface area contributed by atoms with Gasteiger partial charge >= 0.3 is 0 Å². The van der Waals surface area contributed by atoms with Gasteiger partial charge in [-0.15, -0.1) is 0 Å².